The second kappa shape index (κ2) is 9.49. The smallest absolute Gasteiger partial charge is 0.225 e. The molecule has 0 aliphatic rings. The van der Waals surface area contributed by atoms with Gasteiger partial charge in [-0.1, -0.05) is 53.8 Å². The molecule has 124 valence electrons. The third-order valence-corrected chi connectivity index (χ3v) is 3.55. The molecule has 1 N–H and O–H groups in total. The van der Waals surface area contributed by atoms with E-state index in [0.717, 1.165) is 5.56 Å². The van der Waals surface area contributed by atoms with Crippen LogP contribution >= 0.6 is 11.6 Å². The normalized spacial score (nSPS) is 9.58. The van der Waals surface area contributed by atoms with E-state index in [1.807, 2.05) is 42.5 Å². The van der Waals surface area contributed by atoms with Gasteiger partial charge in [0.15, 0.2) is 11.5 Å². The summed E-state index contributed by atoms with van der Waals surface area (Å²) in [7, 11) is 1.59. The molecule has 0 heterocycles. The molecule has 0 spiro atoms. The van der Waals surface area contributed by atoms with Crippen LogP contribution in [0.4, 0.5) is 0 Å². The number of rotatable bonds is 6. The highest BCUT2D eigenvalue weighted by molar-refractivity contribution is 6.31. The average Bonchev–Trinajstić information content (AvgIpc) is 2.60. The first-order valence-electron chi connectivity index (χ1n) is 7.42. The van der Waals surface area contributed by atoms with E-state index in [1.54, 1.807) is 13.2 Å². The first kappa shape index (κ1) is 17.7. The number of amides is 1. The minimum absolute atomic E-state index is 0.122. The maximum atomic E-state index is 11.8. The van der Waals surface area contributed by atoms with E-state index in [9.17, 15) is 4.79 Å². The standard InChI is InChI=1S/C19H18ClNO3/c1-23-17-10-4-5-11-18(17)24-13-7-6-12-21-19(22)14-15-8-2-3-9-16(15)20/h2-5,8-11H,12-14H2,1H3,(H,21,22). The molecule has 0 radical (unpaired) electrons. The Kier molecular flexibility index (Phi) is 7.00. The molecular formula is C19H18ClNO3. The van der Waals surface area contributed by atoms with Crippen molar-refractivity contribution >= 4 is 17.5 Å². The van der Waals surface area contributed by atoms with E-state index >= 15 is 0 Å². The quantitative estimate of drug-likeness (QED) is 0.820. The second-order valence-electron chi connectivity index (χ2n) is 4.84. The summed E-state index contributed by atoms with van der Waals surface area (Å²) < 4.78 is 10.7. The highest BCUT2D eigenvalue weighted by atomic mass is 35.5. The Balaban J connectivity index is 1.72. The van der Waals surface area contributed by atoms with Crippen molar-refractivity contribution in [3.63, 3.8) is 0 Å². The zero-order chi connectivity index (χ0) is 17.2. The summed E-state index contributed by atoms with van der Waals surface area (Å²) in [6.45, 7) is 0.485. The zero-order valence-electron chi connectivity index (χ0n) is 13.3. The highest BCUT2D eigenvalue weighted by Crippen LogP contribution is 2.25. The van der Waals surface area contributed by atoms with Crippen LogP contribution in [0.2, 0.25) is 5.02 Å². The molecule has 0 aromatic heterocycles. The molecule has 0 aliphatic carbocycles. The van der Waals surface area contributed by atoms with Crippen LogP contribution in [0.1, 0.15) is 5.56 Å². The number of carbonyl (C=O) groups is 1. The number of benzene rings is 2. The molecule has 0 unspecified atom stereocenters. The number of hydrogen-bond donors (Lipinski definition) is 1. The fraction of sp³-hybridized carbons (Fsp3) is 0.211. The maximum Gasteiger partial charge on any atom is 0.225 e. The SMILES string of the molecule is COc1ccccc1OCC#CCNC(=O)Cc1ccccc1Cl. The molecule has 2 rings (SSSR count). The van der Waals surface area contributed by atoms with Crippen LogP contribution in [0.3, 0.4) is 0 Å². The van der Waals surface area contributed by atoms with Gasteiger partial charge < -0.3 is 14.8 Å². The molecule has 0 saturated carbocycles. The van der Waals surface area contributed by atoms with Crippen molar-refractivity contribution in [2.24, 2.45) is 0 Å². The van der Waals surface area contributed by atoms with Gasteiger partial charge in [-0.25, -0.2) is 0 Å². The molecule has 0 saturated heterocycles. The van der Waals surface area contributed by atoms with Crippen LogP contribution in [-0.4, -0.2) is 26.2 Å². The molecule has 2 aromatic carbocycles. The lowest BCUT2D eigenvalue weighted by Crippen LogP contribution is -2.25. The summed E-state index contributed by atoms with van der Waals surface area (Å²) in [5.41, 5.74) is 0.795. The fourth-order valence-electron chi connectivity index (χ4n) is 1.99. The van der Waals surface area contributed by atoms with Gasteiger partial charge in [-0.2, -0.15) is 0 Å². The molecule has 4 nitrogen and oxygen atoms in total. The van der Waals surface area contributed by atoms with Gasteiger partial charge in [0.1, 0.15) is 6.61 Å². The second-order valence-corrected chi connectivity index (χ2v) is 5.25. The summed E-state index contributed by atoms with van der Waals surface area (Å²) in [4.78, 5) is 11.8. The molecular weight excluding hydrogens is 326 g/mol. The van der Waals surface area contributed by atoms with Gasteiger partial charge in [0, 0.05) is 5.02 Å². The van der Waals surface area contributed by atoms with E-state index in [2.05, 4.69) is 17.2 Å². The first-order valence-corrected chi connectivity index (χ1v) is 7.80. The molecule has 0 aliphatic heterocycles. The summed E-state index contributed by atoms with van der Waals surface area (Å²) in [6, 6.07) is 14.6. The zero-order valence-corrected chi connectivity index (χ0v) is 14.1. The van der Waals surface area contributed by atoms with Crippen molar-refractivity contribution < 1.29 is 14.3 Å². The molecule has 2 aromatic rings. The van der Waals surface area contributed by atoms with Crippen molar-refractivity contribution in [2.75, 3.05) is 20.3 Å². The van der Waals surface area contributed by atoms with Crippen LogP contribution in [-0.2, 0) is 11.2 Å². The lowest BCUT2D eigenvalue weighted by Gasteiger charge is -2.07. The van der Waals surface area contributed by atoms with Gasteiger partial charge in [0.25, 0.3) is 0 Å². The van der Waals surface area contributed by atoms with Crippen molar-refractivity contribution in [2.45, 2.75) is 6.42 Å². The maximum absolute atomic E-state index is 11.8. The Morgan fingerprint density at radius 1 is 1.08 bits per heavy atom. The number of methoxy groups -OCH3 is 1. The third-order valence-electron chi connectivity index (χ3n) is 3.18. The topological polar surface area (TPSA) is 47.6 Å². The van der Waals surface area contributed by atoms with Crippen LogP contribution < -0.4 is 14.8 Å². The Morgan fingerprint density at radius 2 is 1.79 bits per heavy atom. The van der Waals surface area contributed by atoms with Crippen LogP contribution in [0.5, 0.6) is 11.5 Å². The summed E-state index contributed by atoms with van der Waals surface area (Å²) >= 11 is 6.02. The molecule has 1 amide bonds. The Bertz CT molecular complexity index is 750. The van der Waals surface area contributed by atoms with Gasteiger partial charge >= 0.3 is 0 Å². The van der Waals surface area contributed by atoms with Gasteiger partial charge in [0.05, 0.1) is 20.1 Å². The lowest BCUT2D eigenvalue weighted by atomic mass is 10.1. The van der Waals surface area contributed by atoms with Crippen molar-refractivity contribution in [1.29, 1.82) is 0 Å². The van der Waals surface area contributed by atoms with E-state index in [1.165, 1.54) is 0 Å². The number of halogens is 1. The molecule has 0 bridgehead atoms. The molecule has 24 heavy (non-hydrogen) atoms. The summed E-state index contributed by atoms with van der Waals surface area (Å²) in [5, 5.41) is 3.32. The van der Waals surface area contributed by atoms with Crippen molar-refractivity contribution in [3.8, 4) is 23.3 Å². The van der Waals surface area contributed by atoms with E-state index < -0.39 is 0 Å². The van der Waals surface area contributed by atoms with Crippen LogP contribution in [0.15, 0.2) is 48.5 Å². The third kappa shape index (κ3) is 5.53. The molecule has 0 fully saturated rings. The lowest BCUT2D eigenvalue weighted by molar-refractivity contribution is -0.120. The Labute approximate surface area is 146 Å². The van der Waals surface area contributed by atoms with Crippen molar-refractivity contribution in [1.82, 2.24) is 5.32 Å². The fourth-order valence-corrected chi connectivity index (χ4v) is 2.19. The largest absolute Gasteiger partial charge is 0.493 e. The Morgan fingerprint density at radius 3 is 2.54 bits per heavy atom. The predicted molar refractivity (Wildman–Crippen MR) is 94.4 cm³/mol. The summed E-state index contributed by atoms with van der Waals surface area (Å²) in [6.07, 6.45) is 0.235. The van der Waals surface area contributed by atoms with Gasteiger partial charge in [-0.15, -0.1) is 0 Å². The molecule has 5 heteroatoms. The van der Waals surface area contributed by atoms with E-state index in [-0.39, 0.29) is 25.5 Å². The predicted octanol–water partition coefficient (Wildman–Crippen LogP) is 3.09. The number of nitrogens with one attached hydrogen (secondary N) is 1. The van der Waals surface area contributed by atoms with Gasteiger partial charge in [-0.3, -0.25) is 4.79 Å². The monoisotopic (exact) mass is 343 g/mol. The van der Waals surface area contributed by atoms with E-state index in [4.69, 9.17) is 21.1 Å². The van der Waals surface area contributed by atoms with Crippen LogP contribution in [0.25, 0.3) is 0 Å². The Hall–Kier alpha value is -2.64. The molecule has 0 atom stereocenters. The minimum atomic E-state index is -0.122. The number of para-hydroxylation sites is 2. The van der Waals surface area contributed by atoms with E-state index in [0.29, 0.717) is 16.5 Å². The van der Waals surface area contributed by atoms with Crippen LogP contribution in [0, 0.1) is 11.8 Å². The minimum Gasteiger partial charge on any atom is -0.493 e. The summed E-state index contributed by atoms with van der Waals surface area (Å²) in [5.74, 6) is 6.86. The highest BCUT2D eigenvalue weighted by Gasteiger charge is 2.05. The number of ether oxygens (including phenoxy) is 2. The first-order chi connectivity index (χ1) is 11.7. The average molecular weight is 344 g/mol. The van der Waals surface area contributed by atoms with Crippen molar-refractivity contribution in [3.05, 3.63) is 59.1 Å². The number of hydrogen-bond acceptors (Lipinski definition) is 3. The number of carbonyl (C=O) groups excluding carboxylic acids is 1. The van der Waals surface area contributed by atoms with Gasteiger partial charge in [-0.05, 0) is 23.8 Å². The van der Waals surface area contributed by atoms with Gasteiger partial charge in [0.2, 0.25) is 5.91 Å².